The molecule has 1 aromatic rings. The zero-order valence-corrected chi connectivity index (χ0v) is 23.4. The number of carbonyl (C=O) groups is 3. The summed E-state index contributed by atoms with van der Waals surface area (Å²) in [6.07, 6.45) is 7.07. The van der Waals surface area contributed by atoms with Crippen LogP contribution >= 0.6 is 0 Å². The van der Waals surface area contributed by atoms with Crippen LogP contribution in [0, 0.1) is 17.6 Å². The van der Waals surface area contributed by atoms with Crippen molar-refractivity contribution in [2.45, 2.75) is 88.5 Å². The Hall–Kier alpha value is -2.79. The van der Waals surface area contributed by atoms with Crippen molar-refractivity contribution in [3.8, 4) is 5.75 Å². The van der Waals surface area contributed by atoms with E-state index in [9.17, 15) is 23.2 Å². The number of hydrogen-bond donors (Lipinski definition) is 3. The van der Waals surface area contributed by atoms with Crippen LogP contribution in [-0.2, 0) is 14.4 Å². The Labute approximate surface area is 234 Å². The number of amides is 3. The molecule has 3 fully saturated rings. The predicted octanol–water partition coefficient (Wildman–Crippen LogP) is 2.25. The van der Waals surface area contributed by atoms with Crippen molar-refractivity contribution >= 4 is 17.7 Å². The van der Waals surface area contributed by atoms with E-state index in [2.05, 4.69) is 20.9 Å². The van der Waals surface area contributed by atoms with Crippen LogP contribution in [0.15, 0.2) is 12.1 Å². The number of rotatable bonds is 7. The molecule has 3 amide bonds. The summed E-state index contributed by atoms with van der Waals surface area (Å²) >= 11 is 0. The Balaban J connectivity index is 1.40. The summed E-state index contributed by atoms with van der Waals surface area (Å²) in [5.41, 5.74) is 0.127. The first-order valence-electron chi connectivity index (χ1n) is 14.7. The molecule has 1 aliphatic carbocycles. The number of carbonyl (C=O) groups excluding carboxylic acids is 3. The Morgan fingerprint density at radius 3 is 2.55 bits per heavy atom. The Morgan fingerprint density at radius 1 is 1.02 bits per heavy atom. The van der Waals surface area contributed by atoms with Gasteiger partial charge in [-0.2, -0.15) is 0 Å². The third-order valence-electron chi connectivity index (χ3n) is 9.17. The van der Waals surface area contributed by atoms with Crippen LogP contribution in [0.3, 0.4) is 0 Å². The van der Waals surface area contributed by atoms with E-state index in [1.807, 2.05) is 0 Å². The maximum Gasteiger partial charge on any atom is 0.246 e. The highest BCUT2D eigenvalue weighted by Crippen LogP contribution is 2.36. The normalized spacial score (nSPS) is 26.7. The highest BCUT2D eigenvalue weighted by atomic mass is 19.1. The van der Waals surface area contributed by atoms with Gasteiger partial charge in [-0.15, -0.1) is 0 Å². The molecule has 0 spiro atoms. The molecular formula is C29H41F2N5O4. The molecule has 0 unspecified atom stereocenters. The predicted molar refractivity (Wildman–Crippen MR) is 144 cm³/mol. The first kappa shape index (κ1) is 28.7. The molecule has 220 valence electrons. The van der Waals surface area contributed by atoms with Crippen molar-refractivity contribution in [2.75, 3.05) is 33.3 Å². The second kappa shape index (κ2) is 12.4. The average molecular weight is 562 g/mol. The lowest BCUT2D eigenvalue weighted by molar-refractivity contribution is -0.149. The van der Waals surface area contributed by atoms with Crippen molar-refractivity contribution in [2.24, 2.45) is 5.92 Å². The first-order valence-corrected chi connectivity index (χ1v) is 14.7. The van der Waals surface area contributed by atoms with Crippen LogP contribution in [0.5, 0.6) is 5.75 Å². The van der Waals surface area contributed by atoms with Crippen LogP contribution < -0.4 is 20.7 Å². The Bertz CT molecular complexity index is 1110. The van der Waals surface area contributed by atoms with E-state index in [0.29, 0.717) is 19.5 Å². The van der Waals surface area contributed by atoms with Gasteiger partial charge in [0.25, 0.3) is 0 Å². The van der Waals surface area contributed by atoms with Crippen LogP contribution in [-0.4, -0.2) is 85.0 Å². The van der Waals surface area contributed by atoms with Gasteiger partial charge in [-0.05, 0) is 52.1 Å². The summed E-state index contributed by atoms with van der Waals surface area (Å²) < 4.78 is 34.1. The minimum absolute atomic E-state index is 0.00550. The molecule has 2 saturated heterocycles. The molecule has 1 aromatic carbocycles. The second-order valence-corrected chi connectivity index (χ2v) is 11.7. The van der Waals surface area contributed by atoms with Gasteiger partial charge in [0.05, 0.1) is 24.3 Å². The van der Waals surface area contributed by atoms with Crippen molar-refractivity contribution in [3.05, 3.63) is 29.3 Å². The minimum Gasteiger partial charge on any atom is -0.493 e. The fourth-order valence-corrected chi connectivity index (χ4v) is 6.78. The van der Waals surface area contributed by atoms with Crippen molar-refractivity contribution < 1.29 is 27.9 Å². The molecule has 3 aliphatic heterocycles. The maximum absolute atomic E-state index is 14.8. The molecular weight excluding hydrogens is 520 g/mol. The summed E-state index contributed by atoms with van der Waals surface area (Å²) in [7, 11) is 1.70. The first-order chi connectivity index (χ1) is 19.3. The van der Waals surface area contributed by atoms with Gasteiger partial charge >= 0.3 is 0 Å². The summed E-state index contributed by atoms with van der Waals surface area (Å²) in [6, 6.07) is -0.574. The van der Waals surface area contributed by atoms with Crippen LogP contribution in [0.25, 0.3) is 0 Å². The molecule has 5 rings (SSSR count). The van der Waals surface area contributed by atoms with Gasteiger partial charge < -0.3 is 25.6 Å². The monoisotopic (exact) mass is 561 g/mol. The smallest absolute Gasteiger partial charge is 0.246 e. The number of piperazine rings is 1. The number of nitrogens with zero attached hydrogens (tertiary/aromatic N) is 2. The second-order valence-electron chi connectivity index (χ2n) is 11.7. The Kier molecular flexibility index (Phi) is 8.89. The molecule has 11 heteroatoms. The molecule has 0 bridgehead atoms. The minimum atomic E-state index is -0.790. The SMILES string of the molecule is CN[C@@H](C)C(=O)N[C@H](C(=O)N1C[C@H]2CCCN2C[C@H]1C(=O)N[C@@H]1CCOc2cc(F)cc(F)c21)C1CCCCC1. The van der Waals surface area contributed by atoms with E-state index >= 15 is 0 Å². The number of nitrogens with one attached hydrogen (secondary N) is 3. The molecule has 0 radical (unpaired) electrons. The average Bonchev–Trinajstić information content (AvgIpc) is 3.42. The van der Waals surface area contributed by atoms with Gasteiger partial charge in [0, 0.05) is 37.7 Å². The molecule has 1 saturated carbocycles. The fourth-order valence-electron chi connectivity index (χ4n) is 6.78. The lowest BCUT2D eigenvalue weighted by Crippen LogP contribution is -2.66. The van der Waals surface area contributed by atoms with Crippen molar-refractivity contribution in [3.63, 3.8) is 0 Å². The highest BCUT2D eigenvalue weighted by Gasteiger charge is 2.46. The molecule has 3 N–H and O–H groups in total. The number of likely N-dealkylation sites (N-methyl/N-ethyl adjacent to an activating group) is 1. The number of benzene rings is 1. The fraction of sp³-hybridized carbons (Fsp3) is 0.690. The summed E-state index contributed by atoms with van der Waals surface area (Å²) in [4.78, 5) is 45.0. The lowest BCUT2D eigenvalue weighted by Gasteiger charge is -2.45. The van der Waals surface area contributed by atoms with E-state index in [1.165, 1.54) is 0 Å². The van der Waals surface area contributed by atoms with E-state index in [0.717, 1.165) is 63.6 Å². The number of ether oxygens (including phenoxy) is 1. The van der Waals surface area contributed by atoms with E-state index in [1.54, 1.807) is 18.9 Å². The van der Waals surface area contributed by atoms with Crippen molar-refractivity contribution in [1.82, 2.24) is 25.8 Å². The quantitative estimate of drug-likeness (QED) is 0.472. The highest BCUT2D eigenvalue weighted by molar-refractivity contribution is 5.93. The Morgan fingerprint density at radius 2 is 1.80 bits per heavy atom. The number of fused-ring (bicyclic) bond motifs is 2. The lowest BCUT2D eigenvalue weighted by atomic mass is 9.82. The molecule has 4 aliphatic rings. The van der Waals surface area contributed by atoms with Gasteiger partial charge in [0.2, 0.25) is 17.7 Å². The summed E-state index contributed by atoms with van der Waals surface area (Å²) in [6.45, 7) is 3.60. The topological polar surface area (TPSA) is 103 Å². The number of hydrogen-bond acceptors (Lipinski definition) is 6. The molecule has 3 heterocycles. The van der Waals surface area contributed by atoms with Crippen LogP contribution in [0.2, 0.25) is 0 Å². The van der Waals surface area contributed by atoms with Gasteiger partial charge in [0.15, 0.2) is 0 Å². The molecule has 5 atom stereocenters. The summed E-state index contributed by atoms with van der Waals surface area (Å²) in [5, 5.41) is 8.92. The molecule has 0 aromatic heterocycles. The zero-order chi connectivity index (χ0) is 28.4. The van der Waals surface area contributed by atoms with E-state index < -0.39 is 35.8 Å². The van der Waals surface area contributed by atoms with Gasteiger partial charge in [-0.3, -0.25) is 19.3 Å². The van der Waals surface area contributed by atoms with Gasteiger partial charge in [0.1, 0.15) is 29.5 Å². The summed E-state index contributed by atoms with van der Waals surface area (Å²) in [5.74, 6) is -2.26. The van der Waals surface area contributed by atoms with Gasteiger partial charge in [-0.25, -0.2) is 8.78 Å². The third kappa shape index (κ3) is 5.95. The van der Waals surface area contributed by atoms with Crippen LogP contribution in [0.1, 0.15) is 69.9 Å². The van der Waals surface area contributed by atoms with Gasteiger partial charge in [-0.1, -0.05) is 19.3 Å². The third-order valence-corrected chi connectivity index (χ3v) is 9.17. The van der Waals surface area contributed by atoms with Crippen molar-refractivity contribution in [1.29, 1.82) is 0 Å². The largest absolute Gasteiger partial charge is 0.493 e. The molecule has 9 nitrogen and oxygen atoms in total. The maximum atomic E-state index is 14.8. The number of halogens is 2. The van der Waals surface area contributed by atoms with Crippen LogP contribution in [0.4, 0.5) is 8.78 Å². The zero-order valence-electron chi connectivity index (χ0n) is 23.4. The van der Waals surface area contributed by atoms with E-state index in [4.69, 9.17) is 4.74 Å². The van der Waals surface area contributed by atoms with E-state index in [-0.39, 0.29) is 47.6 Å². The standard InChI is InChI=1S/C29H41F2N5O4/c1-17(32-2)27(37)34-26(18-7-4-3-5-8-18)29(39)36-15-20-9-6-11-35(20)16-23(36)28(38)33-22-10-12-40-24-14-19(30)13-21(31)25(22)24/h13-14,17-18,20,22-23,26,32H,3-12,15-16H2,1-2H3,(H,33,38)(H,34,37)/t17-,20+,22+,23-,26-/m0/s1. The molecule has 40 heavy (non-hydrogen) atoms.